The first kappa shape index (κ1) is 10.9. The van der Waals surface area contributed by atoms with E-state index in [1.54, 1.807) is 0 Å². The van der Waals surface area contributed by atoms with Crippen LogP contribution in [0.5, 0.6) is 0 Å². The molecule has 1 rings (SSSR count). The van der Waals surface area contributed by atoms with Crippen molar-refractivity contribution in [2.45, 2.75) is 25.6 Å². The number of ether oxygens (including phenoxy) is 1. The maximum absolute atomic E-state index is 9.27. The van der Waals surface area contributed by atoms with Crippen molar-refractivity contribution >= 4 is 0 Å². The number of hydrogen-bond donors (Lipinski definition) is 2. The molecule has 4 heteroatoms. The van der Waals surface area contributed by atoms with Crippen molar-refractivity contribution in [2.24, 2.45) is 5.73 Å². The highest BCUT2D eigenvalue weighted by atomic mass is 16.5. The maximum Gasteiger partial charge on any atom is 0.0674 e. The fourth-order valence-electron chi connectivity index (χ4n) is 1.54. The van der Waals surface area contributed by atoms with Gasteiger partial charge in [0.25, 0.3) is 0 Å². The van der Waals surface area contributed by atoms with Crippen LogP contribution in [-0.4, -0.2) is 55.0 Å². The zero-order valence-corrected chi connectivity index (χ0v) is 8.28. The zero-order chi connectivity index (χ0) is 9.68. The Kier molecular flexibility index (Phi) is 4.66. The second-order valence-corrected chi connectivity index (χ2v) is 3.66. The lowest BCUT2D eigenvalue weighted by atomic mass is 10.2. The normalized spacial score (nSPS) is 27.5. The van der Waals surface area contributed by atoms with Crippen molar-refractivity contribution in [3.05, 3.63) is 0 Å². The largest absolute Gasteiger partial charge is 0.392 e. The molecule has 3 N–H and O–H groups in total. The van der Waals surface area contributed by atoms with Crippen molar-refractivity contribution in [1.82, 2.24) is 4.90 Å². The van der Waals surface area contributed by atoms with Gasteiger partial charge in [0.1, 0.15) is 0 Å². The molecule has 0 aliphatic carbocycles. The Morgan fingerprint density at radius 1 is 1.69 bits per heavy atom. The molecule has 0 spiro atoms. The van der Waals surface area contributed by atoms with Gasteiger partial charge in [-0.15, -0.1) is 0 Å². The quantitative estimate of drug-likeness (QED) is 0.619. The van der Waals surface area contributed by atoms with E-state index in [4.69, 9.17) is 10.5 Å². The second kappa shape index (κ2) is 5.54. The molecule has 0 saturated carbocycles. The summed E-state index contributed by atoms with van der Waals surface area (Å²) in [5.41, 5.74) is 5.32. The van der Waals surface area contributed by atoms with Crippen LogP contribution in [0.15, 0.2) is 0 Å². The molecule has 2 atom stereocenters. The number of nitrogens with two attached hydrogens (primary N) is 1. The molecule has 0 bridgehead atoms. The first-order valence-corrected chi connectivity index (χ1v) is 4.94. The van der Waals surface area contributed by atoms with E-state index in [1.165, 1.54) is 0 Å². The third kappa shape index (κ3) is 4.04. The smallest absolute Gasteiger partial charge is 0.0674 e. The minimum absolute atomic E-state index is 0.323. The summed E-state index contributed by atoms with van der Waals surface area (Å²) in [6.07, 6.45) is 0.741. The van der Waals surface area contributed by atoms with Crippen molar-refractivity contribution < 1.29 is 9.84 Å². The zero-order valence-electron chi connectivity index (χ0n) is 8.28. The predicted octanol–water partition coefficient (Wildman–Crippen LogP) is -0.583. The molecule has 0 radical (unpaired) electrons. The fraction of sp³-hybridized carbons (Fsp3) is 1.00. The van der Waals surface area contributed by atoms with Crippen molar-refractivity contribution in [3.63, 3.8) is 0 Å². The van der Waals surface area contributed by atoms with Gasteiger partial charge in [-0.05, 0) is 13.3 Å². The highest BCUT2D eigenvalue weighted by Crippen LogP contribution is 2.05. The van der Waals surface area contributed by atoms with Crippen LogP contribution in [0.2, 0.25) is 0 Å². The number of nitrogens with zero attached hydrogens (tertiary/aromatic N) is 1. The molecule has 1 heterocycles. The molecule has 0 amide bonds. The summed E-state index contributed by atoms with van der Waals surface area (Å²) >= 11 is 0. The molecular weight excluding hydrogens is 168 g/mol. The van der Waals surface area contributed by atoms with Gasteiger partial charge in [0.15, 0.2) is 0 Å². The van der Waals surface area contributed by atoms with E-state index in [-0.39, 0.29) is 6.10 Å². The van der Waals surface area contributed by atoms with Crippen LogP contribution in [0.3, 0.4) is 0 Å². The van der Waals surface area contributed by atoms with Gasteiger partial charge in [-0.3, -0.25) is 4.90 Å². The monoisotopic (exact) mass is 188 g/mol. The van der Waals surface area contributed by atoms with E-state index in [0.29, 0.717) is 12.6 Å². The Balaban J connectivity index is 2.13. The first-order chi connectivity index (χ1) is 6.22. The van der Waals surface area contributed by atoms with Crippen LogP contribution in [0.1, 0.15) is 13.3 Å². The van der Waals surface area contributed by atoms with Gasteiger partial charge < -0.3 is 15.6 Å². The minimum atomic E-state index is -0.349. The lowest BCUT2D eigenvalue weighted by molar-refractivity contribution is -0.0218. The van der Waals surface area contributed by atoms with Crippen LogP contribution in [0, 0.1) is 0 Å². The third-order valence-electron chi connectivity index (χ3n) is 2.38. The Labute approximate surface area is 79.7 Å². The summed E-state index contributed by atoms with van der Waals surface area (Å²) in [7, 11) is 0. The number of hydrogen-bond acceptors (Lipinski definition) is 4. The molecule has 1 fully saturated rings. The molecule has 1 aliphatic rings. The maximum atomic E-state index is 9.27. The van der Waals surface area contributed by atoms with Gasteiger partial charge in [0.05, 0.1) is 18.8 Å². The second-order valence-electron chi connectivity index (χ2n) is 3.66. The van der Waals surface area contributed by atoms with Gasteiger partial charge in [-0.1, -0.05) is 0 Å². The first-order valence-electron chi connectivity index (χ1n) is 4.94. The topological polar surface area (TPSA) is 58.7 Å². The number of aliphatic hydroxyl groups is 1. The van der Waals surface area contributed by atoms with E-state index >= 15 is 0 Å². The van der Waals surface area contributed by atoms with E-state index in [2.05, 4.69) is 11.8 Å². The fourth-order valence-corrected chi connectivity index (χ4v) is 1.54. The van der Waals surface area contributed by atoms with E-state index in [0.717, 1.165) is 32.7 Å². The van der Waals surface area contributed by atoms with Crippen LogP contribution >= 0.6 is 0 Å². The summed E-state index contributed by atoms with van der Waals surface area (Å²) in [6, 6.07) is 0. The summed E-state index contributed by atoms with van der Waals surface area (Å²) in [4.78, 5) is 2.31. The number of rotatable bonds is 4. The number of aliphatic hydroxyl groups excluding tert-OH is 1. The molecule has 78 valence electrons. The Hall–Kier alpha value is -0.160. The highest BCUT2D eigenvalue weighted by Gasteiger charge is 2.16. The Morgan fingerprint density at radius 2 is 2.46 bits per heavy atom. The van der Waals surface area contributed by atoms with Crippen molar-refractivity contribution in [3.8, 4) is 0 Å². The average molecular weight is 188 g/mol. The van der Waals surface area contributed by atoms with Gasteiger partial charge >= 0.3 is 0 Å². The Morgan fingerprint density at radius 3 is 3.08 bits per heavy atom. The summed E-state index contributed by atoms with van der Waals surface area (Å²) < 4.78 is 5.41. The van der Waals surface area contributed by atoms with Crippen LogP contribution < -0.4 is 5.73 Å². The standard InChI is InChI=1S/C9H20N2O2/c1-8-7-11(4-5-13-8)3-2-9(12)6-10/h8-9,12H,2-7,10H2,1H3. The lowest BCUT2D eigenvalue weighted by Gasteiger charge is -2.31. The average Bonchev–Trinajstić information content (AvgIpc) is 2.14. The molecule has 1 saturated heterocycles. The van der Waals surface area contributed by atoms with Gasteiger partial charge in [0.2, 0.25) is 0 Å². The third-order valence-corrected chi connectivity index (χ3v) is 2.38. The molecule has 13 heavy (non-hydrogen) atoms. The van der Waals surface area contributed by atoms with Gasteiger partial charge in [-0.25, -0.2) is 0 Å². The van der Waals surface area contributed by atoms with Crippen molar-refractivity contribution in [1.29, 1.82) is 0 Å². The molecule has 0 aromatic carbocycles. The number of morpholine rings is 1. The molecule has 2 unspecified atom stereocenters. The van der Waals surface area contributed by atoms with Crippen LogP contribution in [0.4, 0.5) is 0 Å². The minimum Gasteiger partial charge on any atom is -0.392 e. The van der Waals surface area contributed by atoms with Crippen molar-refractivity contribution in [2.75, 3.05) is 32.8 Å². The summed E-state index contributed by atoms with van der Waals surface area (Å²) in [5.74, 6) is 0. The van der Waals surface area contributed by atoms with Crippen LogP contribution in [-0.2, 0) is 4.74 Å². The summed E-state index contributed by atoms with van der Waals surface area (Å²) in [5, 5.41) is 9.27. The Bertz CT molecular complexity index is 144. The molecule has 0 aromatic heterocycles. The molecule has 4 nitrogen and oxygen atoms in total. The highest BCUT2D eigenvalue weighted by molar-refractivity contribution is 4.69. The molecule has 1 aliphatic heterocycles. The van der Waals surface area contributed by atoms with Gasteiger partial charge in [0, 0.05) is 26.2 Å². The SMILES string of the molecule is CC1CN(CCC(O)CN)CCO1. The molecular formula is C9H20N2O2. The van der Waals surface area contributed by atoms with E-state index < -0.39 is 0 Å². The predicted molar refractivity (Wildman–Crippen MR) is 51.5 cm³/mol. The summed E-state index contributed by atoms with van der Waals surface area (Å²) in [6.45, 7) is 6.11. The van der Waals surface area contributed by atoms with Crippen LogP contribution in [0.25, 0.3) is 0 Å². The molecule has 0 aromatic rings. The lowest BCUT2D eigenvalue weighted by Crippen LogP contribution is -2.42. The van der Waals surface area contributed by atoms with E-state index in [9.17, 15) is 5.11 Å². The van der Waals surface area contributed by atoms with Gasteiger partial charge in [-0.2, -0.15) is 0 Å². The van der Waals surface area contributed by atoms with E-state index in [1.807, 2.05) is 0 Å².